The van der Waals surface area contributed by atoms with E-state index in [1.807, 2.05) is 0 Å². The molecule has 30 heteroatoms. The monoisotopic (exact) mass is 1390 g/mol. The van der Waals surface area contributed by atoms with Gasteiger partial charge in [0.1, 0.15) is 28.7 Å². The first-order valence-electron chi connectivity index (χ1n) is 26.9. The number of H-pyrrole nitrogens is 1. The number of hydrogen-bond acceptors (Lipinski definition) is 20. The van der Waals surface area contributed by atoms with Crippen LogP contribution in [0.15, 0.2) is 139 Å². The van der Waals surface area contributed by atoms with Crippen molar-refractivity contribution in [3.05, 3.63) is 165 Å². The fraction of sp³-hybridized carbons (Fsp3) is 0.306. The van der Waals surface area contributed by atoms with Gasteiger partial charge in [-0.05, 0) is 169 Å². The van der Waals surface area contributed by atoms with Crippen LogP contribution >= 0.6 is 0 Å². The SMILES string of the molecule is CC(=O)c1cc(C)cc(S(C)(=O)=O)c1.CC(=O)c1cc(CF)cc(S(C)(=O)=O)c1.CC(=O)c1cc(F)cc(S(C)(=O)=O)c1.CC(=O)c1cc(S(C)(=O)=O)c2nc[nH]c2c1.CC(=O)c1ccc(CCF)c(S(C)(=O)=O)c1.CC(=O)c1ccc(OC2CC2)c(S(C)(=O)=O)c1. The van der Waals surface area contributed by atoms with Crippen LogP contribution in [0.3, 0.4) is 0 Å². The highest BCUT2D eigenvalue weighted by Crippen LogP contribution is 2.32. The second-order valence-corrected chi connectivity index (χ2v) is 33.2. The molecule has 1 fully saturated rings. The molecule has 0 atom stereocenters. The van der Waals surface area contributed by atoms with Crippen LogP contribution in [0.1, 0.15) is 133 Å². The number of ketones is 6. The van der Waals surface area contributed by atoms with Crippen molar-refractivity contribution in [1.29, 1.82) is 0 Å². The predicted molar refractivity (Wildman–Crippen MR) is 340 cm³/mol. The Labute approximate surface area is 533 Å². The molecule has 92 heavy (non-hydrogen) atoms. The zero-order valence-electron chi connectivity index (χ0n) is 52.3. The van der Waals surface area contributed by atoms with Crippen molar-refractivity contribution >= 4 is 105 Å². The Bertz CT molecular complexity index is 4620. The number of nitrogens with zero attached hydrogens (tertiary/aromatic N) is 1. The third-order valence-electron chi connectivity index (χ3n) is 12.6. The number of aromatic nitrogens is 2. The van der Waals surface area contributed by atoms with Crippen LogP contribution < -0.4 is 4.74 Å². The number of sulfone groups is 6. The lowest BCUT2D eigenvalue weighted by Crippen LogP contribution is -2.06. The number of alkyl halides is 2. The molecule has 0 spiro atoms. The Hall–Kier alpha value is -7.90. The van der Waals surface area contributed by atoms with E-state index in [0.717, 1.165) is 68.1 Å². The van der Waals surface area contributed by atoms with Crippen LogP contribution in [0.25, 0.3) is 11.0 Å². The zero-order chi connectivity index (χ0) is 70.4. The summed E-state index contributed by atoms with van der Waals surface area (Å²) in [5.74, 6) is -1.70. The highest BCUT2D eigenvalue weighted by Gasteiger charge is 2.27. The van der Waals surface area contributed by atoms with Crippen LogP contribution in [0.5, 0.6) is 5.75 Å². The van der Waals surface area contributed by atoms with E-state index in [2.05, 4.69) is 9.97 Å². The molecule has 0 bridgehead atoms. The second-order valence-electron chi connectivity index (χ2n) is 21.2. The number of carbonyl (C=O) groups excluding carboxylic acids is 6. The van der Waals surface area contributed by atoms with Crippen molar-refractivity contribution in [2.24, 2.45) is 0 Å². The van der Waals surface area contributed by atoms with Crippen molar-refractivity contribution in [1.82, 2.24) is 9.97 Å². The van der Waals surface area contributed by atoms with E-state index < -0.39 is 78.2 Å². The smallest absolute Gasteiger partial charge is 0.179 e. The van der Waals surface area contributed by atoms with Gasteiger partial charge in [-0.25, -0.2) is 64.3 Å². The Balaban J connectivity index is 0.000000289. The van der Waals surface area contributed by atoms with E-state index in [4.69, 9.17) is 4.74 Å². The third kappa shape index (κ3) is 24.6. The number of ether oxygens (including phenoxy) is 1. The van der Waals surface area contributed by atoms with E-state index >= 15 is 0 Å². The minimum atomic E-state index is -3.47. The Morgan fingerprint density at radius 2 is 0.870 bits per heavy atom. The van der Waals surface area contributed by atoms with Gasteiger partial charge in [0.2, 0.25) is 0 Å². The number of aryl methyl sites for hydroxylation is 2. The minimum Gasteiger partial charge on any atom is -0.489 e. The lowest BCUT2D eigenvalue weighted by Gasteiger charge is -2.10. The Kier molecular flexibility index (Phi) is 27.3. The summed E-state index contributed by atoms with van der Waals surface area (Å²) in [5.41, 5.74) is 4.08. The molecule has 21 nitrogen and oxygen atoms in total. The maximum Gasteiger partial charge on any atom is 0.179 e. The molecule has 1 aromatic heterocycles. The van der Waals surface area contributed by atoms with Crippen LogP contribution in [0.4, 0.5) is 13.2 Å². The van der Waals surface area contributed by atoms with Crippen molar-refractivity contribution in [2.45, 2.75) is 110 Å². The fourth-order valence-corrected chi connectivity index (χ4v) is 12.5. The van der Waals surface area contributed by atoms with E-state index in [9.17, 15) is 92.4 Å². The number of benzene rings is 6. The number of Topliss-reactive ketones (excluding diaryl/α,β-unsaturated/α-hetero) is 6. The number of fused-ring (bicyclic) bond motifs is 1. The summed E-state index contributed by atoms with van der Waals surface area (Å²) in [6, 6.07) is 23.4. The van der Waals surface area contributed by atoms with Crippen LogP contribution in [0.2, 0.25) is 0 Å². The lowest BCUT2D eigenvalue weighted by molar-refractivity contribution is 0.100. The van der Waals surface area contributed by atoms with Gasteiger partial charge in [-0.15, -0.1) is 0 Å². The number of imidazole rings is 1. The van der Waals surface area contributed by atoms with Crippen LogP contribution in [-0.2, 0) is 72.1 Å². The highest BCUT2D eigenvalue weighted by atomic mass is 32.2. The molecule has 1 saturated carbocycles. The van der Waals surface area contributed by atoms with E-state index in [1.165, 1.54) is 109 Å². The predicted octanol–water partition coefficient (Wildman–Crippen LogP) is 9.60. The summed E-state index contributed by atoms with van der Waals surface area (Å²) in [4.78, 5) is 73.6. The second kappa shape index (κ2) is 32.1. The molecule has 498 valence electrons. The average Bonchev–Trinajstić information content (AvgIpc) is 1.53. The molecule has 1 aliphatic rings. The van der Waals surface area contributed by atoms with E-state index in [-0.39, 0.29) is 93.3 Å². The van der Waals surface area contributed by atoms with Gasteiger partial charge in [0.25, 0.3) is 0 Å². The molecule has 0 amide bonds. The molecule has 0 saturated heterocycles. The maximum atomic E-state index is 12.9. The number of hydrogen-bond donors (Lipinski definition) is 1. The van der Waals surface area contributed by atoms with Crippen LogP contribution in [0, 0.1) is 12.7 Å². The van der Waals surface area contributed by atoms with Gasteiger partial charge >= 0.3 is 0 Å². The van der Waals surface area contributed by atoms with Gasteiger partial charge in [0.15, 0.2) is 93.7 Å². The number of halogens is 3. The molecular formula is C62H69F3N2O19S6. The van der Waals surface area contributed by atoms with Crippen molar-refractivity contribution in [2.75, 3.05) is 44.2 Å². The van der Waals surface area contributed by atoms with Crippen molar-refractivity contribution < 1.29 is 97.2 Å². The standard InChI is InChI=1S/C12H14O4S.C11H13FO3S.C10H11FO3S.C10H10N2O3S.C10H12O3S.C9H9FO3S/c1-8(13)9-3-6-11(16-10-4-5-10)12(7-9)17(2,14)15;1-8(13)10-4-3-9(5-6-12)11(7-10)16(2,14)15;1-7(12)9-3-8(6-11)4-10(5-9)15(2,13)14;1-6(13)7-3-8-10(12-5-11-8)9(4-7)16(2,14)15;1-7-4-9(8(2)11)6-10(5-7)14(3,12)13;1-6(11)7-3-8(10)5-9(4-7)14(2,12)13/h3,6-7,10H,4-5H2,1-2H3;3-4,7H,5-6H2,1-2H3;3-5H,6H2,1-2H3;3-5H,1-2H3,(H,11,12);4-6H,1-3H3;3-5H,1-2H3. The first-order valence-corrected chi connectivity index (χ1v) is 38.3. The molecular weight excluding hydrogens is 1330 g/mol. The highest BCUT2D eigenvalue weighted by molar-refractivity contribution is 7.92. The van der Waals surface area contributed by atoms with Gasteiger partial charge in [-0.1, -0.05) is 12.1 Å². The summed E-state index contributed by atoms with van der Waals surface area (Å²) >= 11 is 0. The average molecular weight is 1400 g/mol. The summed E-state index contributed by atoms with van der Waals surface area (Å²) in [6.07, 6.45) is 9.87. The van der Waals surface area contributed by atoms with Gasteiger partial charge < -0.3 is 9.72 Å². The lowest BCUT2D eigenvalue weighted by atomic mass is 10.1. The molecule has 1 heterocycles. The largest absolute Gasteiger partial charge is 0.489 e. The number of carbonyl (C=O) groups is 6. The fourth-order valence-electron chi connectivity index (χ4n) is 7.71. The topological polar surface area (TPSA) is 345 Å². The first kappa shape index (κ1) is 78.3. The molecule has 0 aliphatic heterocycles. The molecule has 8 rings (SSSR count). The summed E-state index contributed by atoms with van der Waals surface area (Å²) in [5, 5.41) is 0. The van der Waals surface area contributed by atoms with Gasteiger partial charge in [-0.2, -0.15) is 0 Å². The molecule has 0 unspecified atom stereocenters. The Morgan fingerprint density at radius 3 is 1.29 bits per heavy atom. The third-order valence-corrected chi connectivity index (χ3v) is 19.3. The Morgan fingerprint density at radius 1 is 0.467 bits per heavy atom. The van der Waals surface area contributed by atoms with Crippen molar-refractivity contribution in [3.8, 4) is 5.75 Å². The van der Waals surface area contributed by atoms with Gasteiger partial charge in [-0.3, -0.25) is 33.2 Å². The molecule has 0 radical (unpaired) electrons. The first-order chi connectivity index (χ1) is 42.1. The van der Waals surface area contributed by atoms with E-state index in [1.54, 1.807) is 37.3 Å². The summed E-state index contributed by atoms with van der Waals surface area (Å²) in [6.45, 7) is 8.49. The van der Waals surface area contributed by atoms with Crippen molar-refractivity contribution in [3.63, 3.8) is 0 Å². The molecule has 7 aromatic rings. The molecule has 1 N–H and O–H groups in total. The van der Waals surface area contributed by atoms with Crippen LogP contribution in [-0.4, -0.2) is 145 Å². The summed E-state index contributed by atoms with van der Waals surface area (Å²) in [7, 11) is -20.3. The van der Waals surface area contributed by atoms with Gasteiger partial charge in [0.05, 0.1) is 49.1 Å². The van der Waals surface area contributed by atoms with E-state index in [0.29, 0.717) is 44.6 Å². The number of nitrogens with one attached hydrogen (secondary N) is 1. The minimum absolute atomic E-state index is 0.0251. The molecule has 6 aromatic carbocycles. The van der Waals surface area contributed by atoms with Gasteiger partial charge in [0, 0.05) is 77.3 Å². The normalized spacial score (nSPS) is 12.3. The number of rotatable bonds is 17. The molecule has 1 aliphatic carbocycles. The quantitative estimate of drug-likeness (QED) is 0.0829. The number of aromatic amines is 1. The summed E-state index contributed by atoms with van der Waals surface area (Å²) < 4.78 is 180. The maximum absolute atomic E-state index is 12.9. The zero-order valence-corrected chi connectivity index (χ0v) is 57.2.